The number of hydrogen-bond acceptors (Lipinski definition) is 5. The van der Waals surface area contributed by atoms with Crippen LogP contribution in [0.2, 0.25) is 0 Å². The Balaban J connectivity index is 1.48. The summed E-state index contributed by atoms with van der Waals surface area (Å²) < 4.78 is 11.2. The van der Waals surface area contributed by atoms with Crippen molar-refractivity contribution in [3.05, 3.63) is 65.5 Å². The van der Waals surface area contributed by atoms with E-state index >= 15 is 0 Å². The lowest BCUT2D eigenvalue weighted by Crippen LogP contribution is -2.27. The molecule has 2 aromatic carbocycles. The molecule has 0 aliphatic carbocycles. The third-order valence-electron chi connectivity index (χ3n) is 5.64. The molecule has 0 saturated carbocycles. The second-order valence-corrected chi connectivity index (χ2v) is 8.30. The molecule has 0 bridgehead atoms. The molecule has 4 rings (SSSR count). The Labute approximate surface area is 183 Å². The average Bonchev–Trinajstić information content (AvgIpc) is 3.40. The molecular formula is C25H29N3O3. The lowest BCUT2D eigenvalue weighted by molar-refractivity contribution is -0.129. The number of ether oxygens (including phenoxy) is 1. The number of amides is 1. The number of benzene rings is 2. The van der Waals surface area contributed by atoms with Gasteiger partial charge >= 0.3 is 0 Å². The van der Waals surface area contributed by atoms with Crippen molar-refractivity contribution in [1.29, 1.82) is 0 Å². The molecule has 1 unspecified atom stereocenters. The monoisotopic (exact) mass is 419 g/mol. The first-order chi connectivity index (χ1) is 15.0. The SMILES string of the molecule is CCCOc1ccc(-c2noc(C3CCC(=O)N3Cc3ccc(C(C)C)cc3)n2)cc1. The van der Waals surface area contributed by atoms with Crippen LogP contribution in [0.15, 0.2) is 53.1 Å². The van der Waals surface area contributed by atoms with Gasteiger partial charge in [-0.05, 0) is 54.2 Å². The lowest BCUT2D eigenvalue weighted by Gasteiger charge is -2.22. The van der Waals surface area contributed by atoms with Gasteiger partial charge in [0.2, 0.25) is 17.6 Å². The van der Waals surface area contributed by atoms with Gasteiger partial charge in [0.05, 0.1) is 6.61 Å². The lowest BCUT2D eigenvalue weighted by atomic mass is 10.0. The Hall–Kier alpha value is -3.15. The van der Waals surface area contributed by atoms with E-state index in [4.69, 9.17) is 9.26 Å². The standard InChI is InChI=1S/C25H29N3O3/c1-4-15-30-21-11-9-20(10-12-21)24-26-25(31-27-24)22-13-14-23(29)28(22)16-18-5-7-19(8-6-18)17(2)3/h5-12,17,22H,4,13-16H2,1-3H3. The third kappa shape index (κ3) is 4.79. The maximum Gasteiger partial charge on any atom is 0.249 e. The van der Waals surface area contributed by atoms with Crippen molar-refractivity contribution in [2.45, 2.75) is 58.5 Å². The number of hydrogen-bond donors (Lipinski definition) is 0. The topological polar surface area (TPSA) is 68.5 Å². The van der Waals surface area contributed by atoms with E-state index in [-0.39, 0.29) is 11.9 Å². The van der Waals surface area contributed by atoms with Crippen LogP contribution < -0.4 is 4.74 Å². The predicted molar refractivity (Wildman–Crippen MR) is 119 cm³/mol. The minimum absolute atomic E-state index is 0.120. The highest BCUT2D eigenvalue weighted by molar-refractivity contribution is 5.78. The van der Waals surface area contributed by atoms with Gasteiger partial charge in [0.1, 0.15) is 11.8 Å². The summed E-state index contributed by atoms with van der Waals surface area (Å²) in [5.41, 5.74) is 3.26. The highest BCUT2D eigenvalue weighted by Crippen LogP contribution is 2.34. The molecule has 1 aliphatic rings. The quantitative estimate of drug-likeness (QED) is 0.481. The van der Waals surface area contributed by atoms with Crippen LogP contribution in [0.5, 0.6) is 5.75 Å². The number of carbonyl (C=O) groups excluding carboxylic acids is 1. The molecule has 3 aromatic rings. The molecule has 162 valence electrons. The van der Waals surface area contributed by atoms with E-state index in [0.29, 0.717) is 43.6 Å². The minimum atomic E-state index is -0.189. The van der Waals surface area contributed by atoms with Gasteiger partial charge in [-0.25, -0.2) is 0 Å². The van der Waals surface area contributed by atoms with Gasteiger partial charge in [0.25, 0.3) is 0 Å². The fourth-order valence-corrected chi connectivity index (χ4v) is 3.80. The molecule has 6 nitrogen and oxygen atoms in total. The van der Waals surface area contributed by atoms with Gasteiger partial charge in [-0.2, -0.15) is 4.98 Å². The number of nitrogens with zero attached hydrogens (tertiary/aromatic N) is 3. The van der Waals surface area contributed by atoms with Crippen molar-refractivity contribution in [3.8, 4) is 17.1 Å². The predicted octanol–water partition coefficient (Wildman–Crippen LogP) is 5.51. The summed E-state index contributed by atoms with van der Waals surface area (Å²) in [6.45, 7) is 7.66. The highest BCUT2D eigenvalue weighted by Gasteiger charge is 2.36. The van der Waals surface area contributed by atoms with Crippen LogP contribution in [0.4, 0.5) is 0 Å². The summed E-state index contributed by atoms with van der Waals surface area (Å²) in [6.07, 6.45) is 2.15. The molecule has 31 heavy (non-hydrogen) atoms. The van der Waals surface area contributed by atoms with Gasteiger partial charge in [0, 0.05) is 18.5 Å². The molecule has 0 spiro atoms. The Morgan fingerprint density at radius 2 is 1.87 bits per heavy atom. The second-order valence-electron chi connectivity index (χ2n) is 8.30. The van der Waals surface area contributed by atoms with Crippen molar-refractivity contribution in [1.82, 2.24) is 15.0 Å². The zero-order valence-electron chi connectivity index (χ0n) is 18.4. The maximum absolute atomic E-state index is 12.6. The van der Waals surface area contributed by atoms with Crippen LogP contribution in [-0.2, 0) is 11.3 Å². The van der Waals surface area contributed by atoms with Crippen LogP contribution in [0.3, 0.4) is 0 Å². The number of aromatic nitrogens is 2. The van der Waals surface area contributed by atoms with Crippen LogP contribution in [0, 0.1) is 0 Å². The zero-order chi connectivity index (χ0) is 21.8. The third-order valence-corrected chi connectivity index (χ3v) is 5.64. The molecule has 2 heterocycles. The molecular weight excluding hydrogens is 390 g/mol. The van der Waals surface area contributed by atoms with Crippen LogP contribution in [0.25, 0.3) is 11.4 Å². The first-order valence-corrected chi connectivity index (χ1v) is 11.0. The van der Waals surface area contributed by atoms with Crippen LogP contribution >= 0.6 is 0 Å². The molecule has 1 amide bonds. The van der Waals surface area contributed by atoms with E-state index in [1.807, 2.05) is 29.2 Å². The summed E-state index contributed by atoms with van der Waals surface area (Å²) in [7, 11) is 0. The summed E-state index contributed by atoms with van der Waals surface area (Å²) in [5, 5.41) is 4.16. The van der Waals surface area contributed by atoms with Crippen molar-refractivity contribution < 1.29 is 14.1 Å². The van der Waals surface area contributed by atoms with E-state index in [2.05, 4.69) is 55.2 Å². The number of carbonyl (C=O) groups is 1. The normalized spacial score (nSPS) is 16.3. The van der Waals surface area contributed by atoms with Gasteiger partial charge < -0.3 is 14.2 Å². The van der Waals surface area contributed by atoms with Gasteiger partial charge in [-0.15, -0.1) is 0 Å². The van der Waals surface area contributed by atoms with Gasteiger partial charge in [-0.3, -0.25) is 4.79 Å². The molecule has 0 radical (unpaired) electrons. The van der Waals surface area contributed by atoms with Crippen LogP contribution in [-0.4, -0.2) is 27.6 Å². The van der Waals surface area contributed by atoms with Crippen molar-refractivity contribution >= 4 is 5.91 Å². The summed E-state index contributed by atoms with van der Waals surface area (Å²) in [6, 6.07) is 15.9. The summed E-state index contributed by atoms with van der Waals surface area (Å²) in [4.78, 5) is 19.0. The zero-order valence-corrected chi connectivity index (χ0v) is 18.4. The van der Waals surface area contributed by atoms with E-state index in [9.17, 15) is 4.79 Å². The molecule has 1 saturated heterocycles. The van der Waals surface area contributed by atoms with Crippen LogP contribution in [0.1, 0.15) is 69.0 Å². The van der Waals surface area contributed by atoms with E-state index in [1.54, 1.807) is 0 Å². The molecule has 1 aromatic heterocycles. The molecule has 1 aliphatic heterocycles. The second kappa shape index (κ2) is 9.33. The highest BCUT2D eigenvalue weighted by atomic mass is 16.5. The number of likely N-dealkylation sites (tertiary alicyclic amines) is 1. The Morgan fingerprint density at radius 3 is 2.55 bits per heavy atom. The first-order valence-electron chi connectivity index (χ1n) is 11.0. The largest absolute Gasteiger partial charge is 0.494 e. The van der Waals surface area contributed by atoms with Gasteiger partial charge in [-0.1, -0.05) is 50.2 Å². The maximum atomic E-state index is 12.6. The van der Waals surface area contributed by atoms with E-state index in [0.717, 1.165) is 23.3 Å². The average molecular weight is 420 g/mol. The summed E-state index contributed by atoms with van der Waals surface area (Å²) in [5.74, 6) is 2.45. The fourth-order valence-electron chi connectivity index (χ4n) is 3.80. The minimum Gasteiger partial charge on any atom is -0.494 e. The molecule has 1 fully saturated rings. The fraction of sp³-hybridized carbons (Fsp3) is 0.400. The summed E-state index contributed by atoms with van der Waals surface area (Å²) >= 11 is 0. The van der Waals surface area contributed by atoms with Crippen molar-refractivity contribution in [2.24, 2.45) is 0 Å². The number of rotatable bonds is 8. The van der Waals surface area contributed by atoms with E-state index in [1.165, 1.54) is 5.56 Å². The molecule has 0 N–H and O–H groups in total. The Kier molecular flexibility index (Phi) is 6.35. The Morgan fingerprint density at radius 1 is 1.13 bits per heavy atom. The van der Waals surface area contributed by atoms with E-state index < -0.39 is 0 Å². The molecule has 1 atom stereocenters. The van der Waals surface area contributed by atoms with Crippen molar-refractivity contribution in [2.75, 3.05) is 6.61 Å². The van der Waals surface area contributed by atoms with Gasteiger partial charge in [0.15, 0.2) is 0 Å². The Bertz CT molecular complexity index is 1010. The van der Waals surface area contributed by atoms with Crippen molar-refractivity contribution in [3.63, 3.8) is 0 Å². The first kappa shape index (κ1) is 21.1. The molecule has 6 heteroatoms. The smallest absolute Gasteiger partial charge is 0.249 e.